The Morgan fingerprint density at radius 2 is 1.89 bits per heavy atom. The zero-order valence-corrected chi connectivity index (χ0v) is 12.5. The van der Waals surface area contributed by atoms with Crippen LogP contribution in [0.4, 0.5) is 0 Å². The van der Waals surface area contributed by atoms with Crippen molar-refractivity contribution in [1.29, 1.82) is 0 Å². The van der Waals surface area contributed by atoms with Gasteiger partial charge in [0.15, 0.2) is 0 Å². The highest BCUT2D eigenvalue weighted by Crippen LogP contribution is 2.09. The molecule has 1 aliphatic heterocycles. The second-order valence-corrected chi connectivity index (χ2v) is 5.29. The van der Waals surface area contributed by atoms with Crippen LogP contribution >= 0.6 is 12.2 Å². The van der Waals surface area contributed by atoms with Gasteiger partial charge in [0.25, 0.3) is 0 Å². The van der Waals surface area contributed by atoms with Crippen LogP contribution in [0.25, 0.3) is 0 Å². The van der Waals surface area contributed by atoms with E-state index in [1.165, 1.54) is 0 Å². The molecule has 0 radical (unpaired) electrons. The molecular formula is C13H27N3OS. The average Bonchev–Trinajstić information content (AvgIpc) is 2.37. The third-order valence-corrected chi connectivity index (χ3v) is 3.74. The van der Waals surface area contributed by atoms with E-state index in [4.69, 9.17) is 22.7 Å². The van der Waals surface area contributed by atoms with Gasteiger partial charge >= 0.3 is 0 Å². The van der Waals surface area contributed by atoms with Gasteiger partial charge in [-0.3, -0.25) is 9.80 Å². The van der Waals surface area contributed by atoms with E-state index in [1.807, 2.05) is 0 Å². The lowest BCUT2D eigenvalue weighted by Gasteiger charge is -2.38. The maximum atomic E-state index is 5.78. The molecule has 0 aromatic rings. The third kappa shape index (κ3) is 5.18. The molecule has 0 bridgehead atoms. The topological polar surface area (TPSA) is 41.7 Å². The molecule has 1 heterocycles. The van der Waals surface area contributed by atoms with Crippen molar-refractivity contribution in [3.8, 4) is 0 Å². The molecule has 106 valence electrons. The molecule has 1 fully saturated rings. The second-order valence-electron chi connectivity index (χ2n) is 4.82. The number of piperazine rings is 1. The molecule has 1 aliphatic rings. The van der Waals surface area contributed by atoms with Gasteiger partial charge < -0.3 is 10.5 Å². The van der Waals surface area contributed by atoms with E-state index in [2.05, 4.69) is 23.6 Å². The van der Waals surface area contributed by atoms with Crippen molar-refractivity contribution in [2.75, 3.05) is 45.9 Å². The first kappa shape index (κ1) is 15.8. The van der Waals surface area contributed by atoms with Gasteiger partial charge in [0.2, 0.25) is 0 Å². The smallest absolute Gasteiger partial charge is 0.0901 e. The molecule has 0 aliphatic carbocycles. The summed E-state index contributed by atoms with van der Waals surface area (Å²) in [7, 11) is 0. The number of nitrogens with two attached hydrogens (primary N) is 1. The summed E-state index contributed by atoms with van der Waals surface area (Å²) in [6.45, 7) is 11.3. The van der Waals surface area contributed by atoms with Crippen molar-refractivity contribution in [3.63, 3.8) is 0 Å². The fourth-order valence-electron chi connectivity index (χ4n) is 2.38. The normalized spacial score (nSPS) is 19.9. The zero-order chi connectivity index (χ0) is 13.4. The highest BCUT2D eigenvalue weighted by Gasteiger charge is 2.23. The van der Waals surface area contributed by atoms with Gasteiger partial charge in [0, 0.05) is 39.3 Å². The van der Waals surface area contributed by atoms with Crippen molar-refractivity contribution in [2.45, 2.75) is 32.7 Å². The van der Waals surface area contributed by atoms with E-state index < -0.39 is 0 Å². The molecule has 5 heteroatoms. The van der Waals surface area contributed by atoms with Gasteiger partial charge in [0.1, 0.15) is 0 Å². The van der Waals surface area contributed by atoms with Gasteiger partial charge in [-0.2, -0.15) is 0 Å². The van der Waals surface area contributed by atoms with Crippen LogP contribution in [0.15, 0.2) is 0 Å². The van der Waals surface area contributed by atoms with E-state index in [9.17, 15) is 0 Å². The second kappa shape index (κ2) is 8.80. The zero-order valence-electron chi connectivity index (χ0n) is 11.7. The van der Waals surface area contributed by atoms with E-state index in [-0.39, 0.29) is 6.04 Å². The number of rotatable bonds is 8. The molecule has 18 heavy (non-hydrogen) atoms. The molecule has 2 N–H and O–H groups in total. The number of hydrogen-bond donors (Lipinski definition) is 1. The van der Waals surface area contributed by atoms with Gasteiger partial charge in [-0.05, 0) is 12.8 Å². The number of ether oxygens (including phenoxy) is 1. The number of thiocarbonyl (C=S) groups is 1. The molecule has 0 amide bonds. The van der Waals surface area contributed by atoms with E-state index in [0.29, 0.717) is 4.99 Å². The first-order valence-electron chi connectivity index (χ1n) is 7.02. The fourth-order valence-corrected chi connectivity index (χ4v) is 2.69. The largest absolute Gasteiger partial charge is 0.392 e. The highest BCUT2D eigenvalue weighted by atomic mass is 32.1. The predicted octanol–water partition coefficient (Wildman–Crippen LogP) is 1.10. The minimum absolute atomic E-state index is 0.276. The van der Waals surface area contributed by atoms with Crippen LogP contribution in [0.2, 0.25) is 0 Å². The van der Waals surface area contributed by atoms with Crippen LogP contribution in [0.3, 0.4) is 0 Å². The van der Waals surface area contributed by atoms with Crippen LogP contribution in [-0.4, -0.2) is 66.8 Å². The van der Waals surface area contributed by atoms with Crippen molar-refractivity contribution in [2.24, 2.45) is 5.73 Å². The van der Waals surface area contributed by atoms with Gasteiger partial charge in [-0.15, -0.1) is 0 Å². The standard InChI is InChI=1S/C13H27N3OS/c1-3-10-17-11-9-15-5-7-16(8-6-15)12(4-2)13(14)18/h12H,3-11H2,1-2H3,(H2,14,18). The summed E-state index contributed by atoms with van der Waals surface area (Å²) in [5, 5.41) is 0. The van der Waals surface area contributed by atoms with Crippen molar-refractivity contribution in [1.82, 2.24) is 9.80 Å². The first-order valence-corrected chi connectivity index (χ1v) is 7.43. The van der Waals surface area contributed by atoms with E-state index in [1.54, 1.807) is 0 Å². The molecule has 0 aromatic carbocycles. The van der Waals surface area contributed by atoms with Crippen LogP contribution in [0, 0.1) is 0 Å². The Kier molecular flexibility index (Phi) is 7.74. The summed E-state index contributed by atoms with van der Waals surface area (Å²) in [6, 6.07) is 0.276. The molecule has 1 atom stereocenters. The quantitative estimate of drug-likeness (QED) is 0.530. The molecule has 1 unspecified atom stereocenters. The SMILES string of the molecule is CCCOCCN1CCN(C(CC)C(N)=S)CC1. The van der Waals surface area contributed by atoms with Crippen LogP contribution in [0.5, 0.6) is 0 Å². The van der Waals surface area contributed by atoms with E-state index in [0.717, 1.165) is 58.8 Å². The predicted molar refractivity (Wildman–Crippen MR) is 80.0 cm³/mol. The lowest BCUT2D eigenvalue weighted by atomic mass is 10.1. The lowest BCUT2D eigenvalue weighted by Crippen LogP contribution is -2.53. The maximum Gasteiger partial charge on any atom is 0.0901 e. The Balaban J connectivity index is 2.21. The van der Waals surface area contributed by atoms with E-state index >= 15 is 0 Å². The maximum absolute atomic E-state index is 5.78. The van der Waals surface area contributed by atoms with Crippen LogP contribution in [0.1, 0.15) is 26.7 Å². The minimum Gasteiger partial charge on any atom is -0.392 e. The Hall–Kier alpha value is -0.230. The molecule has 0 aromatic heterocycles. The Labute approximate surface area is 116 Å². The molecule has 0 saturated carbocycles. The number of nitrogens with zero attached hydrogens (tertiary/aromatic N) is 2. The van der Waals surface area contributed by atoms with Gasteiger partial charge in [0.05, 0.1) is 17.6 Å². The average molecular weight is 273 g/mol. The summed E-state index contributed by atoms with van der Waals surface area (Å²) in [6.07, 6.45) is 2.11. The third-order valence-electron chi connectivity index (χ3n) is 3.46. The summed E-state index contributed by atoms with van der Waals surface area (Å²) in [4.78, 5) is 5.50. The molecule has 1 saturated heterocycles. The summed E-state index contributed by atoms with van der Waals surface area (Å²) in [5.74, 6) is 0. The van der Waals surface area contributed by atoms with Crippen molar-refractivity contribution < 1.29 is 4.74 Å². The minimum atomic E-state index is 0.276. The fraction of sp³-hybridized carbons (Fsp3) is 0.923. The Morgan fingerprint density at radius 3 is 2.39 bits per heavy atom. The Bertz CT molecular complexity index is 242. The monoisotopic (exact) mass is 273 g/mol. The van der Waals surface area contributed by atoms with Crippen molar-refractivity contribution >= 4 is 17.2 Å². The Morgan fingerprint density at radius 1 is 1.22 bits per heavy atom. The first-order chi connectivity index (χ1) is 8.69. The van der Waals surface area contributed by atoms with Gasteiger partial charge in [-0.25, -0.2) is 0 Å². The molecular weight excluding hydrogens is 246 g/mol. The molecule has 4 nitrogen and oxygen atoms in total. The summed E-state index contributed by atoms with van der Waals surface area (Å²) >= 11 is 5.13. The van der Waals surface area contributed by atoms with Crippen LogP contribution < -0.4 is 5.73 Å². The molecule has 0 spiro atoms. The highest BCUT2D eigenvalue weighted by molar-refractivity contribution is 7.80. The summed E-state index contributed by atoms with van der Waals surface area (Å²) < 4.78 is 5.52. The van der Waals surface area contributed by atoms with Crippen molar-refractivity contribution in [3.05, 3.63) is 0 Å². The van der Waals surface area contributed by atoms with Gasteiger partial charge in [-0.1, -0.05) is 26.1 Å². The van der Waals surface area contributed by atoms with Crippen LogP contribution in [-0.2, 0) is 4.74 Å². The molecule has 1 rings (SSSR count). The summed E-state index contributed by atoms with van der Waals surface area (Å²) in [5.41, 5.74) is 5.78. The lowest BCUT2D eigenvalue weighted by molar-refractivity contribution is 0.0701. The number of hydrogen-bond acceptors (Lipinski definition) is 4.